The molecule has 2 nitrogen and oxygen atoms in total. The van der Waals surface area contributed by atoms with Crippen molar-refractivity contribution < 1.29 is 9.52 Å². The topological polar surface area (TPSA) is 33.4 Å². The summed E-state index contributed by atoms with van der Waals surface area (Å²) in [4.78, 5) is 0. The molecule has 0 saturated heterocycles. The third kappa shape index (κ3) is 1.01. The molecule has 0 amide bonds. The van der Waals surface area contributed by atoms with Gasteiger partial charge in [0, 0.05) is 5.39 Å². The summed E-state index contributed by atoms with van der Waals surface area (Å²) in [5.74, 6) is 0.727. The van der Waals surface area contributed by atoms with Crippen LogP contribution >= 0.6 is 0 Å². The van der Waals surface area contributed by atoms with Crippen molar-refractivity contribution in [1.82, 2.24) is 0 Å². The summed E-state index contributed by atoms with van der Waals surface area (Å²) in [6.45, 7) is 0. The van der Waals surface area contributed by atoms with Gasteiger partial charge in [0.1, 0.15) is 16.9 Å². The van der Waals surface area contributed by atoms with Crippen LogP contribution < -0.4 is 0 Å². The molecule has 3 rings (SSSR count). The highest BCUT2D eigenvalue weighted by atomic mass is 16.4. The van der Waals surface area contributed by atoms with Crippen molar-refractivity contribution in [3.8, 4) is 0 Å². The molecule has 1 aliphatic rings. The Morgan fingerprint density at radius 3 is 2.64 bits per heavy atom. The first-order valence-electron chi connectivity index (χ1n) is 4.99. The van der Waals surface area contributed by atoms with Gasteiger partial charge in [-0.05, 0) is 31.4 Å². The van der Waals surface area contributed by atoms with E-state index in [-0.39, 0.29) is 0 Å². The largest absolute Gasteiger partial charge is 0.458 e. The standard InChI is InChI=1S/C12H12O2/c13-12(6-3-7-12)11-8-9-4-1-2-5-10(9)14-11/h1-2,4-5,8,13H,3,6-7H2. The van der Waals surface area contributed by atoms with Crippen LogP contribution in [0.25, 0.3) is 11.0 Å². The molecule has 1 N–H and O–H groups in total. The highest BCUT2D eigenvalue weighted by Crippen LogP contribution is 2.42. The number of furan rings is 1. The minimum Gasteiger partial charge on any atom is -0.458 e. The zero-order valence-electron chi connectivity index (χ0n) is 7.86. The zero-order chi connectivity index (χ0) is 9.60. The van der Waals surface area contributed by atoms with Crippen LogP contribution in [-0.2, 0) is 5.60 Å². The van der Waals surface area contributed by atoms with Crippen LogP contribution in [0.3, 0.4) is 0 Å². The Kier molecular flexibility index (Phi) is 1.50. The molecule has 72 valence electrons. The highest BCUT2D eigenvalue weighted by Gasteiger charge is 2.39. The van der Waals surface area contributed by atoms with Crippen molar-refractivity contribution in [2.45, 2.75) is 24.9 Å². The molecular weight excluding hydrogens is 176 g/mol. The van der Waals surface area contributed by atoms with Crippen molar-refractivity contribution in [3.63, 3.8) is 0 Å². The third-order valence-corrected chi connectivity index (χ3v) is 3.06. The fourth-order valence-electron chi connectivity index (χ4n) is 1.97. The Bertz CT molecular complexity index is 433. The molecule has 1 fully saturated rings. The van der Waals surface area contributed by atoms with Gasteiger partial charge in [-0.1, -0.05) is 18.2 Å². The molecule has 0 bridgehead atoms. The van der Waals surface area contributed by atoms with Gasteiger partial charge >= 0.3 is 0 Å². The Morgan fingerprint density at radius 1 is 1.21 bits per heavy atom. The molecule has 1 aromatic carbocycles. The third-order valence-electron chi connectivity index (χ3n) is 3.06. The lowest BCUT2D eigenvalue weighted by atomic mass is 9.78. The van der Waals surface area contributed by atoms with E-state index in [1.165, 1.54) is 0 Å². The van der Waals surface area contributed by atoms with Crippen molar-refractivity contribution in [1.29, 1.82) is 0 Å². The molecule has 1 aliphatic carbocycles. The predicted molar refractivity (Wildman–Crippen MR) is 54.0 cm³/mol. The molecule has 0 unspecified atom stereocenters. The number of aliphatic hydroxyl groups is 1. The molecule has 0 atom stereocenters. The van der Waals surface area contributed by atoms with E-state index in [0.717, 1.165) is 36.0 Å². The highest BCUT2D eigenvalue weighted by molar-refractivity contribution is 5.77. The van der Waals surface area contributed by atoms with Crippen LogP contribution in [0.2, 0.25) is 0 Å². The van der Waals surface area contributed by atoms with Gasteiger partial charge in [0.15, 0.2) is 0 Å². The van der Waals surface area contributed by atoms with E-state index >= 15 is 0 Å². The first-order valence-corrected chi connectivity index (χ1v) is 4.99. The van der Waals surface area contributed by atoms with Crippen molar-refractivity contribution in [3.05, 3.63) is 36.1 Å². The summed E-state index contributed by atoms with van der Waals surface area (Å²) in [5.41, 5.74) is 0.182. The molecular formula is C12H12O2. The molecule has 2 heteroatoms. The number of para-hydroxylation sites is 1. The van der Waals surface area contributed by atoms with Crippen LogP contribution in [-0.4, -0.2) is 5.11 Å². The van der Waals surface area contributed by atoms with Crippen molar-refractivity contribution in [2.75, 3.05) is 0 Å². The van der Waals surface area contributed by atoms with E-state index in [0.29, 0.717) is 0 Å². The SMILES string of the molecule is OC1(c2cc3ccccc3o2)CCC1. The molecule has 0 spiro atoms. The van der Waals surface area contributed by atoms with Crippen LogP contribution in [0.5, 0.6) is 0 Å². The quantitative estimate of drug-likeness (QED) is 0.746. The van der Waals surface area contributed by atoms with Crippen LogP contribution in [0.15, 0.2) is 34.7 Å². The van der Waals surface area contributed by atoms with Gasteiger partial charge in [0.2, 0.25) is 0 Å². The second kappa shape index (κ2) is 2.61. The lowest BCUT2D eigenvalue weighted by Gasteiger charge is -2.34. The van der Waals surface area contributed by atoms with Gasteiger partial charge in [0.25, 0.3) is 0 Å². The number of rotatable bonds is 1. The molecule has 14 heavy (non-hydrogen) atoms. The van der Waals surface area contributed by atoms with E-state index < -0.39 is 5.60 Å². The smallest absolute Gasteiger partial charge is 0.136 e. The Morgan fingerprint density at radius 2 is 2.00 bits per heavy atom. The second-order valence-electron chi connectivity index (χ2n) is 4.03. The van der Waals surface area contributed by atoms with Crippen LogP contribution in [0, 0.1) is 0 Å². The molecule has 1 saturated carbocycles. The predicted octanol–water partition coefficient (Wildman–Crippen LogP) is 2.80. The summed E-state index contributed by atoms with van der Waals surface area (Å²) < 4.78 is 5.62. The minimum absolute atomic E-state index is 0.682. The Labute approximate surface area is 82.2 Å². The van der Waals surface area contributed by atoms with E-state index in [4.69, 9.17) is 4.42 Å². The van der Waals surface area contributed by atoms with Gasteiger partial charge in [-0.15, -0.1) is 0 Å². The van der Waals surface area contributed by atoms with E-state index in [2.05, 4.69) is 0 Å². The minimum atomic E-state index is -0.682. The first-order chi connectivity index (χ1) is 6.78. The van der Waals surface area contributed by atoms with Crippen LogP contribution in [0.4, 0.5) is 0 Å². The summed E-state index contributed by atoms with van der Waals surface area (Å²) in [6.07, 6.45) is 2.74. The molecule has 0 aliphatic heterocycles. The van der Waals surface area contributed by atoms with Crippen molar-refractivity contribution >= 4 is 11.0 Å². The second-order valence-corrected chi connectivity index (χ2v) is 4.03. The maximum absolute atomic E-state index is 10.1. The van der Waals surface area contributed by atoms with Gasteiger partial charge in [-0.3, -0.25) is 0 Å². The lowest BCUT2D eigenvalue weighted by Crippen LogP contribution is -2.32. The lowest BCUT2D eigenvalue weighted by molar-refractivity contribution is -0.0555. The van der Waals surface area contributed by atoms with E-state index in [9.17, 15) is 5.11 Å². The zero-order valence-corrected chi connectivity index (χ0v) is 7.86. The summed E-state index contributed by atoms with van der Waals surface area (Å²) in [5, 5.41) is 11.2. The average Bonchev–Trinajstić information content (AvgIpc) is 2.57. The normalized spacial score (nSPS) is 19.5. The van der Waals surface area contributed by atoms with Gasteiger partial charge in [-0.25, -0.2) is 0 Å². The molecule has 0 radical (unpaired) electrons. The molecule has 1 aromatic heterocycles. The fraction of sp³-hybridized carbons (Fsp3) is 0.333. The fourth-order valence-corrected chi connectivity index (χ4v) is 1.97. The summed E-state index contributed by atoms with van der Waals surface area (Å²) in [6, 6.07) is 9.81. The number of hydrogen-bond acceptors (Lipinski definition) is 2. The average molecular weight is 188 g/mol. The molecule has 1 heterocycles. The monoisotopic (exact) mass is 188 g/mol. The summed E-state index contributed by atoms with van der Waals surface area (Å²) in [7, 11) is 0. The Balaban J connectivity index is 2.14. The van der Waals surface area contributed by atoms with Gasteiger partial charge < -0.3 is 9.52 Å². The van der Waals surface area contributed by atoms with Crippen LogP contribution in [0.1, 0.15) is 25.0 Å². The van der Waals surface area contributed by atoms with Gasteiger partial charge in [-0.2, -0.15) is 0 Å². The molecule has 2 aromatic rings. The maximum Gasteiger partial charge on any atom is 0.136 e. The maximum atomic E-state index is 10.1. The Hall–Kier alpha value is -1.28. The number of fused-ring (bicyclic) bond motifs is 1. The number of benzene rings is 1. The van der Waals surface area contributed by atoms with Crippen molar-refractivity contribution in [2.24, 2.45) is 0 Å². The summed E-state index contributed by atoms with van der Waals surface area (Å²) >= 11 is 0. The van der Waals surface area contributed by atoms with Gasteiger partial charge in [0.05, 0.1) is 0 Å². The number of hydrogen-bond donors (Lipinski definition) is 1. The first kappa shape index (κ1) is 8.06. The van der Waals surface area contributed by atoms with E-state index in [1.54, 1.807) is 0 Å². The van der Waals surface area contributed by atoms with E-state index in [1.807, 2.05) is 30.3 Å².